The number of hydrogen-bond acceptors (Lipinski definition) is 4. The van der Waals surface area contributed by atoms with E-state index < -0.39 is 0 Å². The van der Waals surface area contributed by atoms with E-state index in [0.29, 0.717) is 19.0 Å². The second kappa shape index (κ2) is 7.78. The summed E-state index contributed by atoms with van der Waals surface area (Å²) in [5.74, 6) is 0.914. The molecule has 0 radical (unpaired) electrons. The number of likely N-dealkylation sites (tertiary alicyclic amines) is 1. The summed E-state index contributed by atoms with van der Waals surface area (Å²) >= 11 is 0. The Bertz CT molecular complexity index is 739. The Labute approximate surface area is 149 Å². The highest BCUT2D eigenvalue weighted by atomic mass is 16.1. The van der Waals surface area contributed by atoms with Crippen LogP contribution in [0.5, 0.6) is 0 Å². The van der Waals surface area contributed by atoms with E-state index in [1.807, 2.05) is 24.7 Å². The summed E-state index contributed by atoms with van der Waals surface area (Å²) in [6.07, 6.45) is 7.22. The number of hydrogen-bond donors (Lipinski definition) is 1. The van der Waals surface area contributed by atoms with Gasteiger partial charge in [0, 0.05) is 31.6 Å². The summed E-state index contributed by atoms with van der Waals surface area (Å²) in [6, 6.07) is 4.67. The zero-order chi connectivity index (χ0) is 17.8. The summed E-state index contributed by atoms with van der Waals surface area (Å²) in [6.45, 7) is 3.63. The molecule has 3 heterocycles. The van der Waals surface area contributed by atoms with Gasteiger partial charge in [-0.2, -0.15) is 0 Å². The molecule has 0 bridgehead atoms. The number of rotatable bonds is 6. The number of nitrogens with one attached hydrogen (secondary N) is 1. The van der Waals surface area contributed by atoms with Gasteiger partial charge in [-0.3, -0.25) is 14.7 Å². The van der Waals surface area contributed by atoms with Gasteiger partial charge >= 0.3 is 0 Å². The second-order valence-electron chi connectivity index (χ2n) is 6.91. The lowest BCUT2D eigenvalue weighted by atomic mass is 10.0. The molecule has 3 rings (SSSR count). The van der Waals surface area contributed by atoms with Gasteiger partial charge in [0.25, 0.3) is 0 Å². The Kier molecular flexibility index (Phi) is 5.48. The first-order valence-electron chi connectivity index (χ1n) is 8.93. The highest BCUT2D eigenvalue weighted by molar-refractivity contribution is 5.76. The third-order valence-electron chi connectivity index (χ3n) is 4.90. The smallest absolute Gasteiger partial charge is 0.220 e. The first kappa shape index (κ1) is 17.6. The maximum absolute atomic E-state index is 12.1. The number of aryl methyl sites for hydroxylation is 3. The van der Waals surface area contributed by atoms with Crippen molar-refractivity contribution in [2.24, 2.45) is 7.05 Å². The van der Waals surface area contributed by atoms with E-state index in [2.05, 4.69) is 34.4 Å². The first-order chi connectivity index (χ1) is 12.0. The van der Waals surface area contributed by atoms with Crippen molar-refractivity contribution in [1.82, 2.24) is 24.8 Å². The van der Waals surface area contributed by atoms with Crippen LogP contribution in [0.2, 0.25) is 0 Å². The predicted molar refractivity (Wildman–Crippen MR) is 97.0 cm³/mol. The molecular weight excluding hydrogens is 314 g/mol. The van der Waals surface area contributed by atoms with Crippen LogP contribution in [0.4, 0.5) is 0 Å². The molecule has 1 aliphatic heterocycles. The maximum atomic E-state index is 12.1. The van der Waals surface area contributed by atoms with E-state index in [1.165, 1.54) is 12.0 Å². The average Bonchev–Trinajstić information content (AvgIpc) is 3.18. The van der Waals surface area contributed by atoms with E-state index in [1.54, 1.807) is 6.20 Å². The molecule has 0 aromatic carbocycles. The highest BCUT2D eigenvalue weighted by Gasteiger charge is 2.24. The molecule has 6 nitrogen and oxygen atoms in total. The minimum absolute atomic E-state index is 0.0528. The van der Waals surface area contributed by atoms with Gasteiger partial charge in [0.1, 0.15) is 5.82 Å². The van der Waals surface area contributed by atoms with Gasteiger partial charge in [0.15, 0.2) is 0 Å². The summed E-state index contributed by atoms with van der Waals surface area (Å²) in [4.78, 5) is 23.4. The van der Waals surface area contributed by atoms with Crippen LogP contribution < -0.4 is 5.32 Å². The largest absolute Gasteiger partial charge is 0.349 e. The maximum Gasteiger partial charge on any atom is 0.220 e. The number of imidazole rings is 1. The molecule has 1 atom stereocenters. The van der Waals surface area contributed by atoms with Gasteiger partial charge in [0.2, 0.25) is 5.91 Å². The van der Waals surface area contributed by atoms with Gasteiger partial charge in [-0.25, -0.2) is 4.98 Å². The predicted octanol–water partition coefficient (Wildman–Crippen LogP) is 2.14. The quantitative estimate of drug-likeness (QED) is 0.874. The molecule has 2 aromatic heterocycles. The van der Waals surface area contributed by atoms with Crippen molar-refractivity contribution in [3.63, 3.8) is 0 Å². The van der Waals surface area contributed by atoms with E-state index in [4.69, 9.17) is 4.98 Å². The van der Waals surface area contributed by atoms with Crippen LogP contribution in [0.3, 0.4) is 0 Å². The summed E-state index contributed by atoms with van der Waals surface area (Å²) in [5, 5.41) is 2.94. The summed E-state index contributed by atoms with van der Waals surface area (Å²) < 4.78 is 1.91. The first-order valence-corrected chi connectivity index (χ1v) is 8.93. The minimum Gasteiger partial charge on any atom is -0.349 e. The number of carbonyl (C=O) groups is 1. The van der Waals surface area contributed by atoms with E-state index in [-0.39, 0.29) is 5.91 Å². The molecule has 0 unspecified atom stereocenters. The highest BCUT2D eigenvalue weighted by Crippen LogP contribution is 2.29. The fourth-order valence-corrected chi connectivity index (χ4v) is 3.46. The van der Waals surface area contributed by atoms with Gasteiger partial charge < -0.3 is 9.88 Å². The van der Waals surface area contributed by atoms with Crippen molar-refractivity contribution in [3.8, 4) is 0 Å². The monoisotopic (exact) mass is 341 g/mol. The van der Waals surface area contributed by atoms with E-state index in [9.17, 15) is 4.79 Å². The number of carbonyl (C=O) groups excluding carboxylic acids is 1. The van der Waals surface area contributed by atoms with Gasteiger partial charge in [0.05, 0.1) is 18.3 Å². The van der Waals surface area contributed by atoms with Crippen LogP contribution >= 0.6 is 0 Å². The number of aromatic nitrogens is 3. The molecule has 6 heteroatoms. The topological polar surface area (TPSA) is 63.1 Å². The molecule has 1 fully saturated rings. The molecule has 1 amide bonds. The van der Waals surface area contributed by atoms with Crippen LogP contribution in [-0.2, 0) is 24.8 Å². The molecule has 2 aromatic rings. The molecule has 1 saturated heterocycles. The average molecular weight is 341 g/mol. The van der Waals surface area contributed by atoms with Gasteiger partial charge in [-0.15, -0.1) is 0 Å². The lowest BCUT2D eigenvalue weighted by Crippen LogP contribution is -2.24. The Morgan fingerprint density at radius 1 is 1.36 bits per heavy atom. The zero-order valence-electron chi connectivity index (χ0n) is 15.3. The Hall–Kier alpha value is -2.21. The van der Waals surface area contributed by atoms with Crippen molar-refractivity contribution in [2.75, 3.05) is 13.6 Å². The molecule has 1 aliphatic rings. The third-order valence-corrected chi connectivity index (χ3v) is 4.90. The molecule has 0 aliphatic carbocycles. The standard InChI is InChI=1S/C19H27N5O/c1-14-11-15(12-16(22-14)17-5-4-9-23(17)2)6-7-19(25)21-13-18-20-8-10-24(18)3/h8,10-12,17H,4-7,9,13H2,1-3H3,(H,21,25)/t17-/m1/s1. The van der Waals surface area contributed by atoms with Crippen LogP contribution in [0.1, 0.15) is 48.1 Å². The lowest BCUT2D eigenvalue weighted by Gasteiger charge is -2.20. The van der Waals surface area contributed by atoms with Crippen molar-refractivity contribution >= 4 is 5.91 Å². The molecule has 1 N–H and O–H groups in total. The van der Waals surface area contributed by atoms with Gasteiger partial charge in [-0.05, 0) is 57.5 Å². The van der Waals surface area contributed by atoms with Crippen molar-refractivity contribution in [2.45, 2.75) is 45.2 Å². The molecule has 134 valence electrons. The zero-order valence-corrected chi connectivity index (χ0v) is 15.3. The van der Waals surface area contributed by atoms with Crippen LogP contribution in [-0.4, -0.2) is 38.9 Å². The normalized spacial score (nSPS) is 17.8. The lowest BCUT2D eigenvalue weighted by molar-refractivity contribution is -0.121. The summed E-state index contributed by atoms with van der Waals surface area (Å²) in [7, 11) is 4.09. The van der Waals surface area contributed by atoms with E-state index >= 15 is 0 Å². The Balaban J connectivity index is 1.56. The molecule has 25 heavy (non-hydrogen) atoms. The van der Waals surface area contributed by atoms with Crippen molar-refractivity contribution in [1.29, 1.82) is 0 Å². The fraction of sp³-hybridized carbons (Fsp3) is 0.526. The third kappa shape index (κ3) is 4.45. The SMILES string of the molecule is Cc1cc(CCC(=O)NCc2nccn2C)cc([C@H]2CCCN2C)n1. The molecule has 0 spiro atoms. The minimum atomic E-state index is 0.0528. The molecular formula is C19H27N5O. The number of nitrogens with zero attached hydrogens (tertiary/aromatic N) is 4. The molecule has 0 saturated carbocycles. The van der Waals surface area contributed by atoms with E-state index in [0.717, 1.165) is 36.6 Å². The van der Waals surface area contributed by atoms with Crippen molar-refractivity contribution < 1.29 is 4.79 Å². The Morgan fingerprint density at radius 2 is 2.20 bits per heavy atom. The number of pyridine rings is 1. The van der Waals surface area contributed by atoms with Crippen LogP contribution in [0, 0.1) is 6.92 Å². The van der Waals surface area contributed by atoms with Crippen LogP contribution in [0.15, 0.2) is 24.5 Å². The fourth-order valence-electron chi connectivity index (χ4n) is 3.46. The Morgan fingerprint density at radius 3 is 2.88 bits per heavy atom. The second-order valence-corrected chi connectivity index (χ2v) is 6.91. The number of amides is 1. The van der Waals surface area contributed by atoms with Crippen molar-refractivity contribution in [3.05, 3.63) is 47.3 Å². The van der Waals surface area contributed by atoms with Gasteiger partial charge in [-0.1, -0.05) is 0 Å². The summed E-state index contributed by atoms with van der Waals surface area (Å²) in [5.41, 5.74) is 3.36. The van der Waals surface area contributed by atoms with Crippen LogP contribution in [0.25, 0.3) is 0 Å².